The molecule has 0 atom stereocenters. The molecule has 1 fully saturated rings. The number of carbonyl (C=O) groups excluding carboxylic acids is 1. The number of hydrogen-bond acceptors (Lipinski definition) is 4. The number of halogens is 1. The van der Waals surface area contributed by atoms with Crippen molar-refractivity contribution >= 4 is 16.9 Å². The summed E-state index contributed by atoms with van der Waals surface area (Å²) in [6, 6.07) is 20.6. The minimum Gasteiger partial charge on any atom is -0.328 e. The van der Waals surface area contributed by atoms with Gasteiger partial charge in [-0.05, 0) is 60.4 Å². The second kappa shape index (κ2) is 10.5. The van der Waals surface area contributed by atoms with Gasteiger partial charge in [-0.15, -0.1) is 0 Å². The van der Waals surface area contributed by atoms with Crippen LogP contribution < -0.4 is 5.73 Å². The number of benzene rings is 2. The van der Waals surface area contributed by atoms with Crippen LogP contribution in [0.15, 0.2) is 73.1 Å². The third kappa shape index (κ3) is 6.13. The normalized spacial score (nSPS) is 15.4. The van der Waals surface area contributed by atoms with Crippen molar-refractivity contribution < 1.29 is 14.9 Å². The van der Waals surface area contributed by atoms with E-state index in [2.05, 4.69) is 67.7 Å². The van der Waals surface area contributed by atoms with Gasteiger partial charge < -0.3 is 4.57 Å². The molecule has 6 nitrogen and oxygen atoms in total. The number of rotatable bonds is 8. The first-order chi connectivity index (χ1) is 17.7. The minimum atomic E-state index is -1.14. The van der Waals surface area contributed by atoms with E-state index in [0.29, 0.717) is 18.7 Å². The number of carbonyl (C=O) groups is 1. The van der Waals surface area contributed by atoms with Crippen LogP contribution in [-0.2, 0) is 13.1 Å². The summed E-state index contributed by atoms with van der Waals surface area (Å²) in [4.78, 5) is 20.8. The van der Waals surface area contributed by atoms with Crippen LogP contribution in [0.25, 0.3) is 22.2 Å². The smallest absolute Gasteiger partial charge is 0.328 e. The molecule has 0 saturated carbocycles. The van der Waals surface area contributed by atoms with Crippen molar-refractivity contribution in [3.05, 3.63) is 89.7 Å². The van der Waals surface area contributed by atoms with Crippen molar-refractivity contribution in [2.75, 3.05) is 32.7 Å². The Hall–Kier alpha value is -3.39. The van der Waals surface area contributed by atoms with Crippen molar-refractivity contribution in [3.63, 3.8) is 0 Å². The third-order valence-corrected chi connectivity index (χ3v) is 7.03. The predicted octanol–water partition coefficient (Wildman–Crippen LogP) is 4.00. The van der Waals surface area contributed by atoms with Gasteiger partial charge >= 0.3 is 5.91 Å². The number of quaternary nitrogens is 1. The average molecular weight is 501 g/mol. The molecule has 0 radical (unpaired) electrons. The molecule has 0 aliphatic carbocycles. The van der Waals surface area contributed by atoms with Gasteiger partial charge in [0.1, 0.15) is 11.3 Å². The molecule has 0 spiro atoms. The van der Waals surface area contributed by atoms with Crippen LogP contribution in [0.3, 0.4) is 0 Å². The molecule has 7 heteroatoms. The van der Waals surface area contributed by atoms with Crippen LogP contribution in [-0.4, -0.2) is 63.7 Å². The highest BCUT2D eigenvalue weighted by atomic mass is 19.1. The number of aromatic nitrogens is 2. The number of hydrogen-bond donors (Lipinski definition) is 1. The molecular weight excluding hydrogens is 465 g/mol. The molecule has 1 aliphatic rings. The van der Waals surface area contributed by atoms with Crippen molar-refractivity contribution in [1.29, 1.82) is 0 Å². The lowest BCUT2D eigenvalue weighted by Crippen LogP contribution is -2.56. The molecule has 1 amide bonds. The van der Waals surface area contributed by atoms with Gasteiger partial charge in [-0.3, -0.25) is 15.5 Å². The molecule has 5 rings (SSSR count). The molecule has 1 saturated heterocycles. The van der Waals surface area contributed by atoms with E-state index in [1.54, 1.807) is 13.8 Å². The first-order valence-electron chi connectivity index (χ1n) is 12.9. The summed E-state index contributed by atoms with van der Waals surface area (Å²) in [6.07, 6.45) is 3.93. The quantitative estimate of drug-likeness (QED) is 0.397. The first kappa shape index (κ1) is 25.3. The van der Waals surface area contributed by atoms with E-state index in [1.807, 2.05) is 30.5 Å². The maximum Gasteiger partial charge on any atom is 0.340 e. The second-order valence-corrected chi connectivity index (χ2v) is 10.6. The molecule has 37 heavy (non-hydrogen) atoms. The summed E-state index contributed by atoms with van der Waals surface area (Å²) in [6.45, 7) is 9.15. The number of pyridine rings is 1. The molecule has 4 aromatic rings. The van der Waals surface area contributed by atoms with Gasteiger partial charge in [0, 0.05) is 63.6 Å². The summed E-state index contributed by atoms with van der Waals surface area (Å²) < 4.78 is 16.1. The lowest BCUT2D eigenvalue weighted by Gasteiger charge is -2.36. The molecule has 2 aromatic heterocycles. The Kier molecular flexibility index (Phi) is 7.20. The lowest BCUT2D eigenvalue weighted by molar-refractivity contribution is -0.255. The highest BCUT2D eigenvalue weighted by molar-refractivity contribution is 5.93. The molecular formula is C30H35FN5O+. The highest BCUT2D eigenvalue weighted by Crippen LogP contribution is 2.29. The molecule has 3 N–H and O–H groups in total. The Bertz CT molecular complexity index is 1360. The van der Waals surface area contributed by atoms with E-state index in [1.165, 1.54) is 11.1 Å². The van der Waals surface area contributed by atoms with E-state index in [0.717, 1.165) is 54.9 Å². The maximum absolute atomic E-state index is 14.0. The van der Waals surface area contributed by atoms with Gasteiger partial charge in [0.15, 0.2) is 0 Å². The Morgan fingerprint density at radius 2 is 1.51 bits per heavy atom. The molecule has 2 aromatic carbocycles. The number of fused-ring (bicyclic) bond motifs is 1. The fourth-order valence-corrected chi connectivity index (χ4v) is 5.15. The summed E-state index contributed by atoms with van der Waals surface area (Å²) in [5.74, 6) is -0.171. The van der Waals surface area contributed by atoms with Gasteiger partial charge in [0.25, 0.3) is 0 Å². The van der Waals surface area contributed by atoms with E-state index in [9.17, 15) is 9.18 Å². The Balaban J connectivity index is 1.26. The number of piperazine rings is 1. The first-order valence-corrected chi connectivity index (χ1v) is 12.9. The fourth-order valence-electron chi connectivity index (χ4n) is 5.15. The fraction of sp³-hybridized carbons (Fsp3) is 0.333. The molecule has 192 valence electrons. The Morgan fingerprint density at radius 1 is 0.892 bits per heavy atom. The number of nitrogens with zero attached hydrogens (tertiary/aromatic N) is 4. The monoisotopic (exact) mass is 500 g/mol. The Labute approximate surface area is 217 Å². The van der Waals surface area contributed by atoms with E-state index < -0.39 is 5.67 Å². The zero-order chi connectivity index (χ0) is 26.0. The van der Waals surface area contributed by atoms with Crippen LogP contribution in [0, 0.1) is 0 Å². The molecule has 3 heterocycles. The van der Waals surface area contributed by atoms with Crippen molar-refractivity contribution in [1.82, 2.24) is 19.4 Å². The average Bonchev–Trinajstić information content (AvgIpc) is 3.28. The zero-order valence-corrected chi connectivity index (χ0v) is 21.7. The second-order valence-electron chi connectivity index (χ2n) is 10.6. The third-order valence-electron chi connectivity index (χ3n) is 7.03. The zero-order valence-electron chi connectivity index (χ0n) is 21.7. The van der Waals surface area contributed by atoms with E-state index >= 15 is 0 Å². The SMILES string of the molecule is CC(C)(F)CN1CCN(Cc2ccc(-c3ccnc4c3ccn4Cc3ccc(C([NH3+])=O)cc3)cc2)CC1. The van der Waals surface area contributed by atoms with Crippen LogP contribution >= 0.6 is 0 Å². The standard InChI is InChI=1S/C30H34FN5O/c1-30(2,31)21-35-17-15-34(16-18-35)19-22-3-7-24(8-4-22)26-11-13-33-29-27(26)12-14-36(29)20-23-5-9-25(10-6-23)28(32)37/h3-14H,15-21H2,1-2H3,(H2,32,37)/p+1. The lowest BCUT2D eigenvalue weighted by atomic mass is 10.0. The number of amides is 1. The largest absolute Gasteiger partial charge is 0.340 e. The topological polar surface area (TPSA) is 69.0 Å². The van der Waals surface area contributed by atoms with Gasteiger partial charge in [0.2, 0.25) is 0 Å². The highest BCUT2D eigenvalue weighted by Gasteiger charge is 2.24. The van der Waals surface area contributed by atoms with Gasteiger partial charge in [-0.1, -0.05) is 36.4 Å². The van der Waals surface area contributed by atoms with Crippen LogP contribution in [0.2, 0.25) is 0 Å². The van der Waals surface area contributed by atoms with E-state index in [4.69, 9.17) is 0 Å². The summed E-state index contributed by atoms with van der Waals surface area (Å²) in [5.41, 5.74) is 8.61. The number of alkyl halides is 1. The van der Waals surface area contributed by atoms with Gasteiger partial charge in [-0.2, -0.15) is 0 Å². The van der Waals surface area contributed by atoms with Crippen LogP contribution in [0.4, 0.5) is 4.39 Å². The van der Waals surface area contributed by atoms with Crippen molar-refractivity contribution in [2.45, 2.75) is 32.6 Å². The van der Waals surface area contributed by atoms with Gasteiger partial charge in [-0.25, -0.2) is 14.2 Å². The molecule has 0 bridgehead atoms. The summed E-state index contributed by atoms with van der Waals surface area (Å²) in [5, 5.41) is 1.12. The Morgan fingerprint density at radius 3 is 2.16 bits per heavy atom. The summed E-state index contributed by atoms with van der Waals surface area (Å²) >= 11 is 0. The van der Waals surface area contributed by atoms with Crippen LogP contribution in [0.1, 0.15) is 35.3 Å². The van der Waals surface area contributed by atoms with Crippen molar-refractivity contribution in [3.8, 4) is 11.1 Å². The predicted molar refractivity (Wildman–Crippen MR) is 145 cm³/mol. The summed E-state index contributed by atoms with van der Waals surface area (Å²) in [7, 11) is 0. The van der Waals surface area contributed by atoms with Crippen molar-refractivity contribution in [2.24, 2.45) is 0 Å². The molecule has 1 aliphatic heterocycles. The van der Waals surface area contributed by atoms with Crippen LogP contribution in [0.5, 0.6) is 0 Å². The van der Waals surface area contributed by atoms with E-state index in [-0.39, 0.29) is 5.91 Å². The van der Waals surface area contributed by atoms with Gasteiger partial charge in [0.05, 0.1) is 5.56 Å². The molecule has 0 unspecified atom stereocenters. The maximum atomic E-state index is 14.0. The minimum absolute atomic E-state index is 0.171.